The van der Waals surface area contributed by atoms with Crippen molar-refractivity contribution in [1.82, 2.24) is 4.90 Å². The minimum Gasteiger partial charge on any atom is -0.496 e. The van der Waals surface area contributed by atoms with Crippen molar-refractivity contribution in [2.75, 3.05) is 13.7 Å². The highest BCUT2D eigenvalue weighted by Gasteiger charge is 2.43. The Morgan fingerprint density at radius 3 is 2.90 bits per heavy atom. The van der Waals surface area contributed by atoms with Crippen LogP contribution in [0.15, 0.2) is 18.2 Å². The summed E-state index contributed by atoms with van der Waals surface area (Å²) in [5.41, 5.74) is 2.66. The topological polar surface area (TPSA) is 29.5 Å². The number of nitrogens with zero attached hydrogens (tertiary/aromatic N) is 1. The van der Waals surface area contributed by atoms with Crippen molar-refractivity contribution in [3.63, 3.8) is 0 Å². The molecule has 1 heterocycles. The smallest absolute Gasteiger partial charge is 0.223 e. The van der Waals surface area contributed by atoms with Crippen LogP contribution in [0, 0.1) is 5.92 Å². The fourth-order valence-electron chi connectivity index (χ4n) is 3.89. The molecule has 0 spiro atoms. The van der Waals surface area contributed by atoms with Gasteiger partial charge in [0.15, 0.2) is 0 Å². The van der Waals surface area contributed by atoms with Crippen LogP contribution < -0.4 is 4.74 Å². The SMILES string of the molecule is COc1cccc2c1CC[C@@H]1[C@H]2CC(=O)N1CCC(C)C. The number of carbonyl (C=O) groups is 1. The normalized spacial score (nSPS) is 24.2. The Labute approximate surface area is 127 Å². The summed E-state index contributed by atoms with van der Waals surface area (Å²) >= 11 is 0. The van der Waals surface area contributed by atoms with Crippen LogP contribution in [-0.2, 0) is 11.2 Å². The van der Waals surface area contributed by atoms with Gasteiger partial charge in [0, 0.05) is 24.9 Å². The van der Waals surface area contributed by atoms with Gasteiger partial charge >= 0.3 is 0 Å². The van der Waals surface area contributed by atoms with E-state index in [0.29, 0.717) is 30.2 Å². The first-order valence-electron chi connectivity index (χ1n) is 8.07. The minimum atomic E-state index is 0.335. The van der Waals surface area contributed by atoms with Gasteiger partial charge in [-0.15, -0.1) is 0 Å². The largest absolute Gasteiger partial charge is 0.496 e. The maximum absolute atomic E-state index is 12.4. The molecule has 1 fully saturated rings. The molecule has 3 nitrogen and oxygen atoms in total. The Hall–Kier alpha value is -1.51. The van der Waals surface area contributed by atoms with Gasteiger partial charge < -0.3 is 9.64 Å². The second-order valence-electron chi connectivity index (χ2n) is 6.71. The van der Waals surface area contributed by atoms with Gasteiger partial charge in [0.25, 0.3) is 0 Å². The number of rotatable bonds is 4. The molecule has 1 saturated heterocycles. The lowest BCUT2D eigenvalue weighted by Gasteiger charge is -2.34. The minimum absolute atomic E-state index is 0.335. The van der Waals surface area contributed by atoms with E-state index >= 15 is 0 Å². The van der Waals surface area contributed by atoms with Crippen molar-refractivity contribution in [2.24, 2.45) is 5.92 Å². The third-order valence-electron chi connectivity index (χ3n) is 5.01. The number of hydrogen-bond donors (Lipinski definition) is 0. The number of fused-ring (bicyclic) bond motifs is 3. The molecule has 0 aromatic heterocycles. The lowest BCUT2D eigenvalue weighted by Crippen LogP contribution is -2.38. The van der Waals surface area contributed by atoms with Crippen LogP contribution in [0.3, 0.4) is 0 Å². The summed E-state index contributed by atoms with van der Waals surface area (Å²) in [4.78, 5) is 14.6. The van der Waals surface area contributed by atoms with Crippen molar-refractivity contribution in [3.8, 4) is 5.75 Å². The van der Waals surface area contributed by atoms with Gasteiger partial charge in [-0.05, 0) is 42.4 Å². The highest BCUT2D eigenvalue weighted by molar-refractivity contribution is 5.81. The molecule has 0 bridgehead atoms. The molecule has 0 saturated carbocycles. The predicted molar refractivity (Wildman–Crippen MR) is 83.6 cm³/mol. The van der Waals surface area contributed by atoms with Crippen LogP contribution in [0.4, 0.5) is 0 Å². The quantitative estimate of drug-likeness (QED) is 0.849. The zero-order chi connectivity index (χ0) is 15.0. The number of ether oxygens (including phenoxy) is 1. The van der Waals surface area contributed by atoms with Crippen molar-refractivity contribution in [1.29, 1.82) is 0 Å². The van der Waals surface area contributed by atoms with E-state index in [2.05, 4.69) is 30.9 Å². The zero-order valence-corrected chi connectivity index (χ0v) is 13.3. The maximum atomic E-state index is 12.4. The van der Waals surface area contributed by atoms with Crippen molar-refractivity contribution < 1.29 is 9.53 Å². The van der Waals surface area contributed by atoms with Crippen LogP contribution in [0.5, 0.6) is 5.75 Å². The Morgan fingerprint density at radius 2 is 2.19 bits per heavy atom. The van der Waals surface area contributed by atoms with Crippen molar-refractivity contribution >= 4 is 5.91 Å². The first-order chi connectivity index (χ1) is 10.1. The Morgan fingerprint density at radius 1 is 1.38 bits per heavy atom. The molecule has 114 valence electrons. The van der Waals surface area contributed by atoms with Crippen LogP contribution >= 0.6 is 0 Å². The molecule has 3 heteroatoms. The number of carbonyl (C=O) groups excluding carboxylic acids is 1. The average molecular weight is 287 g/mol. The van der Waals surface area contributed by atoms with E-state index in [0.717, 1.165) is 31.6 Å². The molecule has 21 heavy (non-hydrogen) atoms. The summed E-state index contributed by atoms with van der Waals surface area (Å²) in [7, 11) is 1.73. The van der Waals surface area contributed by atoms with E-state index in [9.17, 15) is 4.79 Å². The second-order valence-corrected chi connectivity index (χ2v) is 6.71. The Bertz CT molecular complexity index is 538. The molecule has 0 radical (unpaired) electrons. The van der Waals surface area contributed by atoms with Crippen molar-refractivity contribution in [2.45, 2.75) is 51.5 Å². The number of benzene rings is 1. The Kier molecular flexibility index (Phi) is 3.92. The molecular weight excluding hydrogens is 262 g/mol. The standard InChI is InChI=1S/C18H25NO2/c1-12(2)9-10-19-16-8-7-14-13(15(16)11-18(19)20)5-4-6-17(14)21-3/h4-6,12,15-16H,7-11H2,1-3H3/t15-,16+/m0/s1. The Balaban J connectivity index is 1.86. The first kappa shape index (κ1) is 14.4. The predicted octanol–water partition coefficient (Wildman–Crippen LogP) is 3.37. The van der Waals surface area contributed by atoms with Gasteiger partial charge in [-0.2, -0.15) is 0 Å². The van der Waals surface area contributed by atoms with E-state index in [1.807, 2.05) is 6.07 Å². The van der Waals surface area contributed by atoms with Gasteiger partial charge in [0.05, 0.1) is 7.11 Å². The third kappa shape index (κ3) is 2.54. The molecule has 3 rings (SSSR count). The highest BCUT2D eigenvalue weighted by atomic mass is 16.5. The summed E-state index contributed by atoms with van der Waals surface area (Å²) in [6, 6.07) is 6.68. The van der Waals surface area contributed by atoms with Gasteiger partial charge in [0.2, 0.25) is 5.91 Å². The van der Waals surface area contributed by atoms with E-state index < -0.39 is 0 Å². The van der Waals surface area contributed by atoms with Crippen LogP contribution in [0.1, 0.15) is 50.2 Å². The molecule has 0 unspecified atom stereocenters. The summed E-state index contributed by atoms with van der Waals surface area (Å²) in [5.74, 6) is 2.33. The van der Waals surface area contributed by atoms with Crippen LogP contribution in [-0.4, -0.2) is 30.5 Å². The second kappa shape index (κ2) is 5.70. The molecule has 1 amide bonds. The molecule has 2 aliphatic rings. The zero-order valence-electron chi connectivity index (χ0n) is 13.3. The molecule has 1 aromatic rings. The van der Waals surface area contributed by atoms with Gasteiger partial charge in [0.1, 0.15) is 5.75 Å². The highest BCUT2D eigenvalue weighted by Crippen LogP contribution is 2.44. The van der Waals surface area contributed by atoms with Crippen molar-refractivity contribution in [3.05, 3.63) is 29.3 Å². The summed E-state index contributed by atoms with van der Waals surface area (Å²) in [6.45, 7) is 5.36. The maximum Gasteiger partial charge on any atom is 0.223 e. The van der Waals surface area contributed by atoms with E-state index in [4.69, 9.17) is 4.74 Å². The summed E-state index contributed by atoms with van der Waals surface area (Å²) in [6.07, 6.45) is 3.86. The van der Waals surface area contributed by atoms with Gasteiger partial charge in [-0.1, -0.05) is 26.0 Å². The van der Waals surface area contributed by atoms with Crippen LogP contribution in [0.2, 0.25) is 0 Å². The first-order valence-corrected chi connectivity index (χ1v) is 8.07. The summed E-state index contributed by atoms with van der Waals surface area (Å²) < 4.78 is 5.50. The molecule has 1 aromatic carbocycles. The van der Waals surface area contributed by atoms with E-state index in [-0.39, 0.29) is 0 Å². The lowest BCUT2D eigenvalue weighted by molar-refractivity contribution is -0.129. The van der Waals surface area contributed by atoms with E-state index in [1.54, 1.807) is 7.11 Å². The fraction of sp³-hybridized carbons (Fsp3) is 0.611. The molecule has 1 aliphatic heterocycles. The number of methoxy groups -OCH3 is 1. The molecule has 0 N–H and O–H groups in total. The number of hydrogen-bond acceptors (Lipinski definition) is 2. The third-order valence-corrected chi connectivity index (χ3v) is 5.01. The van der Waals surface area contributed by atoms with Crippen LogP contribution in [0.25, 0.3) is 0 Å². The lowest BCUT2D eigenvalue weighted by atomic mass is 9.79. The number of amides is 1. The van der Waals surface area contributed by atoms with Gasteiger partial charge in [-0.25, -0.2) is 0 Å². The monoisotopic (exact) mass is 287 g/mol. The molecular formula is C18H25NO2. The fourth-order valence-corrected chi connectivity index (χ4v) is 3.89. The molecule has 1 aliphatic carbocycles. The summed E-state index contributed by atoms with van der Waals surface area (Å²) in [5, 5.41) is 0. The van der Waals surface area contributed by atoms with Gasteiger partial charge in [-0.3, -0.25) is 4.79 Å². The van der Waals surface area contributed by atoms with E-state index in [1.165, 1.54) is 11.1 Å². The molecule has 2 atom stereocenters. The average Bonchev–Trinajstić information content (AvgIpc) is 2.80. The number of likely N-dealkylation sites (tertiary alicyclic amines) is 1.